The molecule has 84 valence electrons. The largest absolute Gasteiger partial charge is 0.326 e. The molecule has 0 amide bonds. The van der Waals surface area contributed by atoms with Crippen LogP contribution in [0.5, 0.6) is 0 Å². The van der Waals surface area contributed by atoms with Crippen LogP contribution in [0.1, 0.15) is 11.6 Å². The number of rotatable bonds is 1. The van der Waals surface area contributed by atoms with Crippen molar-refractivity contribution in [3.05, 3.63) is 34.0 Å². The van der Waals surface area contributed by atoms with Gasteiger partial charge in [0.1, 0.15) is 5.82 Å². The van der Waals surface area contributed by atoms with E-state index in [0.29, 0.717) is 16.6 Å². The number of aromatic amines is 1. The molecule has 2 heterocycles. The van der Waals surface area contributed by atoms with Crippen LogP contribution in [-0.2, 0) is 0 Å². The highest BCUT2D eigenvalue weighted by molar-refractivity contribution is 5.76. The van der Waals surface area contributed by atoms with Crippen molar-refractivity contribution in [1.29, 1.82) is 0 Å². The van der Waals surface area contributed by atoms with E-state index < -0.39 is 0 Å². The molecule has 4 nitrogen and oxygen atoms in total. The van der Waals surface area contributed by atoms with Gasteiger partial charge < -0.3 is 10.3 Å². The summed E-state index contributed by atoms with van der Waals surface area (Å²) >= 11 is 0. The maximum atomic E-state index is 13.5. The monoisotopic (exact) mass is 221 g/mol. The lowest BCUT2D eigenvalue weighted by Crippen LogP contribution is -2.46. The second-order valence-electron chi connectivity index (χ2n) is 4.23. The molecule has 0 atom stereocenters. The Morgan fingerprint density at radius 3 is 2.81 bits per heavy atom. The first-order valence-electron chi connectivity index (χ1n) is 5.28. The van der Waals surface area contributed by atoms with E-state index in [1.54, 1.807) is 17.6 Å². The topological polar surface area (TPSA) is 49.8 Å². The maximum absolute atomic E-state index is 13.5. The fraction of sp³-hybridized carbons (Fsp3) is 0.364. The quantitative estimate of drug-likeness (QED) is 0.752. The Hall–Kier alpha value is -1.62. The summed E-state index contributed by atoms with van der Waals surface area (Å²) in [5.74, 6) is -0.271. The van der Waals surface area contributed by atoms with Crippen LogP contribution in [-0.4, -0.2) is 22.6 Å². The van der Waals surface area contributed by atoms with Crippen LogP contribution in [0.4, 0.5) is 4.39 Å². The van der Waals surface area contributed by atoms with Gasteiger partial charge in [-0.25, -0.2) is 9.18 Å². The summed E-state index contributed by atoms with van der Waals surface area (Å²) in [6.07, 6.45) is 0. The Balaban J connectivity index is 2.30. The Labute approximate surface area is 91.1 Å². The minimum atomic E-state index is -0.271. The molecule has 0 radical (unpaired) electrons. The predicted molar refractivity (Wildman–Crippen MR) is 59.2 cm³/mol. The van der Waals surface area contributed by atoms with Crippen LogP contribution in [0.2, 0.25) is 0 Å². The van der Waals surface area contributed by atoms with E-state index >= 15 is 0 Å². The van der Waals surface area contributed by atoms with Crippen LogP contribution in [0.15, 0.2) is 16.9 Å². The summed E-state index contributed by atoms with van der Waals surface area (Å²) in [4.78, 5) is 14.5. The van der Waals surface area contributed by atoms with Gasteiger partial charge in [0.2, 0.25) is 0 Å². The molecular formula is C11H12FN3O. The first-order valence-corrected chi connectivity index (χ1v) is 5.28. The average molecular weight is 221 g/mol. The van der Waals surface area contributed by atoms with Gasteiger partial charge in [0.05, 0.1) is 17.1 Å². The van der Waals surface area contributed by atoms with Gasteiger partial charge in [-0.05, 0) is 18.6 Å². The lowest BCUT2D eigenvalue weighted by atomic mass is 10.1. The molecule has 0 bridgehead atoms. The molecule has 1 aliphatic heterocycles. The molecule has 1 aromatic carbocycles. The normalized spacial score (nSPS) is 16.6. The standard InChI is InChI=1S/C11H12FN3O/c1-6-2-9-10(3-8(6)12)15(11(16)14-9)7-4-13-5-7/h2-3,7,13H,4-5H2,1H3,(H,14,16). The molecule has 16 heavy (non-hydrogen) atoms. The highest BCUT2D eigenvalue weighted by atomic mass is 19.1. The molecule has 1 aromatic heterocycles. The SMILES string of the molecule is Cc1cc2[nH]c(=O)n(C3CNC3)c2cc1F. The van der Waals surface area contributed by atoms with E-state index in [2.05, 4.69) is 10.3 Å². The molecule has 0 saturated carbocycles. The van der Waals surface area contributed by atoms with E-state index in [9.17, 15) is 9.18 Å². The molecule has 2 aromatic rings. The summed E-state index contributed by atoms with van der Waals surface area (Å²) in [7, 11) is 0. The number of imidazole rings is 1. The Bertz CT molecular complexity index is 609. The lowest BCUT2D eigenvalue weighted by molar-refractivity contribution is 0.344. The molecule has 5 heteroatoms. The molecule has 1 fully saturated rings. The van der Waals surface area contributed by atoms with Gasteiger partial charge in [0.25, 0.3) is 0 Å². The molecule has 0 spiro atoms. The van der Waals surface area contributed by atoms with Crippen molar-refractivity contribution in [1.82, 2.24) is 14.9 Å². The van der Waals surface area contributed by atoms with Crippen LogP contribution < -0.4 is 11.0 Å². The number of halogens is 1. The van der Waals surface area contributed by atoms with Gasteiger partial charge in [0, 0.05) is 19.2 Å². The van der Waals surface area contributed by atoms with Crippen molar-refractivity contribution >= 4 is 11.0 Å². The fourth-order valence-corrected chi connectivity index (χ4v) is 2.07. The number of hydrogen-bond donors (Lipinski definition) is 2. The first kappa shape index (κ1) is 9.59. The summed E-state index contributed by atoms with van der Waals surface area (Å²) in [6, 6.07) is 3.25. The van der Waals surface area contributed by atoms with Crippen molar-refractivity contribution in [2.75, 3.05) is 13.1 Å². The highest BCUT2D eigenvalue weighted by Gasteiger charge is 2.23. The predicted octanol–water partition coefficient (Wildman–Crippen LogP) is 0.921. The molecular weight excluding hydrogens is 209 g/mol. The van der Waals surface area contributed by atoms with Gasteiger partial charge in [-0.3, -0.25) is 4.57 Å². The van der Waals surface area contributed by atoms with E-state index in [1.807, 2.05) is 0 Å². The van der Waals surface area contributed by atoms with Crippen LogP contribution in [0.25, 0.3) is 11.0 Å². The van der Waals surface area contributed by atoms with Gasteiger partial charge >= 0.3 is 5.69 Å². The lowest BCUT2D eigenvalue weighted by Gasteiger charge is -2.28. The molecule has 1 aliphatic rings. The maximum Gasteiger partial charge on any atom is 0.326 e. The number of aromatic nitrogens is 2. The average Bonchev–Trinajstić information content (AvgIpc) is 2.43. The third kappa shape index (κ3) is 1.21. The number of nitrogens with zero attached hydrogens (tertiary/aromatic N) is 1. The van der Waals surface area contributed by atoms with Gasteiger partial charge in [-0.15, -0.1) is 0 Å². The molecule has 1 saturated heterocycles. The minimum Gasteiger partial charge on any atom is -0.313 e. The number of benzene rings is 1. The summed E-state index contributed by atoms with van der Waals surface area (Å²) in [5, 5.41) is 3.10. The van der Waals surface area contributed by atoms with E-state index in [1.165, 1.54) is 6.07 Å². The van der Waals surface area contributed by atoms with E-state index in [0.717, 1.165) is 13.1 Å². The Kier molecular flexibility index (Phi) is 1.91. The van der Waals surface area contributed by atoms with Gasteiger partial charge in [-0.2, -0.15) is 0 Å². The molecule has 3 rings (SSSR count). The molecule has 2 N–H and O–H groups in total. The summed E-state index contributed by atoms with van der Waals surface area (Å²) in [5.41, 5.74) is 1.74. The zero-order valence-electron chi connectivity index (χ0n) is 8.88. The highest BCUT2D eigenvalue weighted by Crippen LogP contribution is 2.20. The van der Waals surface area contributed by atoms with Gasteiger partial charge in [-0.1, -0.05) is 0 Å². The third-order valence-corrected chi connectivity index (χ3v) is 3.12. The second-order valence-corrected chi connectivity index (χ2v) is 4.23. The number of nitrogens with one attached hydrogen (secondary N) is 2. The van der Waals surface area contributed by atoms with Crippen LogP contribution >= 0.6 is 0 Å². The van der Waals surface area contributed by atoms with E-state index in [-0.39, 0.29) is 17.5 Å². The Morgan fingerprint density at radius 1 is 1.44 bits per heavy atom. The van der Waals surface area contributed by atoms with Crippen molar-refractivity contribution < 1.29 is 4.39 Å². The number of hydrogen-bond acceptors (Lipinski definition) is 2. The zero-order valence-corrected chi connectivity index (χ0v) is 8.88. The van der Waals surface area contributed by atoms with Gasteiger partial charge in [0.15, 0.2) is 0 Å². The van der Waals surface area contributed by atoms with Crippen LogP contribution in [0, 0.1) is 12.7 Å². The van der Waals surface area contributed by atoms with Crippen molar-refractivity contribution in [2.45, 2.75) is 13.0 Å². The molecule has 0 aliphatic carbocycles. The zero-order chi connectivity index (χ0) is 11.3. The first-order chi connectivity index (χ1) is 7.66. The Morgan fingerprint density at radius 2 is 2.19 bits per heavy atom. The second kappa shape index (κ2) is 3.18. The van der Waals surface area contributed by atoms with Crippen molar-refractivity contribution in [2.24, 2.45) is 0 Å². The fourth-order valence-electron chi connectivity index (χ4n) is 2.07. The van der Waals surface area contributed by atoms with E-state index in [4.69, 9.17) is 0 Å². The third-order valence-electron chi connectivity index (χ3n) is 3.12. The number of fused-ring (bicyclic) bond motifs is 1. The van der Waals surface area contributed by atoms with Crippen LogP contribution in [0.3, 0.4) is 0 Å². The minimum absolute atomic E-state index is 0.142. The smallest absolute Gasteiger partial charge is 0.313 e. The van der Waals surface area contributed by atoms with Crippen molar-refractivity contribution in [3.8, 4) is 0 Å². The van der Waals surface area contributed by atoms with Crippen molar-refractivity contribution in [3.63, 3.8) is 0 Å². The molecule has 0 unspecified atom stereocenters. The number of H-pyrrole nitrogens is 1. The summed E-state index contributed by atoms with van der Waals surface area (Å²) < 4.78 is 15.1. The number of aryl methyl sites for hydroxylation is 1. The summed E-state index contributed by atoms with van der Waals surface area (Å²) in [6.45, 7) is 3.22.